The molecular weight excluding hydrogens is 416 g/mol. The van der Waals surface area contributed by atoms with Gasteiger partial charge in [-0.15, -0.1) is 11.3 Å². The van der Waals surface area contributed by atoms with E-state index in [-0.39, 0.29) is 18.5 Å². The molecule has 0 fully saturated rings. The number of carboxylic acid groups (broad SMARTS) is 1. The normalized spacial score (nSPS) is 12.5. The molecule has 2 rings (SSSR count). The Labute approximate surface area is 166 Å². The van der Waals surface area contributed by atoms with Gasteiger partial charge in [-0.25, -0.2) is 4.79 Å². The average Bonchev–Trinajstić information content (AvgIpc) is 2.98. The fraction of sp³-hybridized carbons (Fsp3) is 0.368. The molecule has 2 aromatic rings. The molecule has 0 bridgehead atoms. The van der Waals surface area contributed by atoms with Crippen LogP contribution in [0.15, 0.2) is 46.3 Å². The van der Waals surface area contributed by atoms with Crippen molar-refractivity contribution < 1.29 is 14.7 Å². The smallest absolute Gasteiger partial charge is 0.407 e. The average molecular weight is 439 g/mol. The molecule has 0 spiro atoms. The summed E-state index contributed by atoms with van der Waals surface area (Å²) < 4.78 is 0.856. The van der Waals surface area contributed by atoms with Crippen molar-refractivity contribution in [2.24, 2.45) is 0 Å². The van der Waals surface area contributed by atoms with Gasteiger partial charge in [0.05, 0.1) is 10.9 Å². The summed E-state index contributed by atoms with van der Waals surface area (Å²) in [4.78, 5) is 26.2. The quantitative estimate of drug-likeness (QED) is 0.690. The maximum absolute atomic E-state index is 12.6. The minimum Gasteiger partial charge on any atom is -0.465 e. The molecule has 26 heavy (non-hydrogen) atoms. The van der Waals surface area contributed by atoms with Gasteiger partial charge in [-0.1, -0.05) is 30.3 Å². The Bertz CT molecular complexity index is 756. The van der Waals surface area contributed by atoms with Crippen LogP contribution in [0.2, 0.25) is 0 Å². The van der Waals surface area contributed by atoms with Crippen LogP contribution in [0.25, 0.3) is 0 Å². The second-order valence-corrected chi connectivity index (χ2v) is 8.88. The Morgan fingerprint density at radius 1 is 1.27 bits per heavy atom. The van der Waals surface area contributed by atoms with Crippen molar-refractivity contribution in [2.75, 3.05) is 6.54 Å². The minimum absolute atomic E-state index is 0.194. The summed E-state index contributed by atoms with van der Waals surface area (Å²) in [5.41, 5.74) is 0.488. The third-order valence-corrected chi connectivity index (χ3v) is 5.58. The molecule has 0 saturated carbocycles. The van der Waals surface area contributed by atoms with Crippen LogP contribution in [-0.4, -0.2) is 40.1 Å². The number of carbonyl (C=O) groups excluding carboxylic acids is 1. The first-order valence-corrected chi connectivity index (χ1v) is 9.93. The molecule has 0 radical (unpaired) electrons. The second kappa shape index (κ2) is 8.68. The largest absolute Gasteiger partial charge is 0.465 e. The Morgan fingerprint density at radius 3 is 2.42 bits per heavy atom. The van der Waals surface area contributed by atoms with E-state index in [1.54, 1.807) is 6.07 Å². The highest BCUT2D eigenvalue weighted by Gasteiger charge is 2.29. The van der Waals surface area contributed by atoms with E-state index < -0.39 is 11.6 Å². The van der Waals surface area contributed by atoms with Gasteiger partial charge in [0.1, 0.15) is 0 Å². The molecule has 0 aliphatic heterocycles. The summed E-state index contributed by atoms with van der Waals surface area (Å²) in [6, 6.07) is 11.2. The van der Waals surface area contributed by atoms with Gasteiger partial charge in [-0.2, -0.15) is 0 Å². The topological polar surface area (TPSA) is 69.6 Å². The highest BCUT2D eigenvalue weighted by atomic mass is 79.9. The maximum Gasteiger partial charge on any atom is 0.407 e. The van der Waals surface area contributed by atoms with Gasteiger partial charge in [-0.3, -0.25) is 4.79 Å². The van der Waals surface area contributed by atoms with Crippen molar-refractivity contribution in [3.8, 4) is 0 Å². The number of rotatable bonds is 6. The molecule has 0 saturated heterocycles. The first-order chi connectivity index (χ1) is 12.2. The monoisotopic (exact) mass is 438 g/mol. The highest BCUT2D eigenvalue weighted by molar-refractivity contribution is 9.10. The molecule has 1 atom stereocenters. The molecule has 1 unspecified atom stereocenters. The molecule has 1 aromatic carbocycles. The lowest BCUT2D eigenvalue weighted by Crippen LogP contribution is -2.53. The summed E-state index contributed by atoms with van der Waals surface area (Å²) >= 11 is 4.70. The molecule has 2 N–H and O–H groups in total. The lowest BCUT2D eigenvalue weighted by molar-refractivity contribution is 0.0824. The lowest BCUT2D eigenvalue weighted by Gasteiger charge is -2.36. The first-order valence-electron chi connectivity index (χ1n) is 8.26. The van der Waals surface area contributed by atoms with E-state index in [0.29, 0.717) is 11.3 Å². The number of amides is 2. The zero-order valence-electron chi connectivity index (χ0n) is 15.0. The molecular formula is C19H23BrN2O3S. The number of nitrogens with zero attached hydrogens (tertiary/aromatic N) is 1. The first kappa shape index (κ1) is 20.5. The minimum atomic E-state index is -0.997. The van der Waals surface area contributed by atoms with Crippen LogP contribution in [0.4, 0.5) is 4.79 Å². The van der Waals surface area contributed by atoms with Crippen LogP contribution < -0.4 is 5.32 Å². The van der Waals surface area contributed by atoms with E-state index >= 15 is 0 Å². The molecule has 2 amide bonds. The van der Waals surface area contributed by atoms with Crippen LogP contribution in [0.5, 0.6) is 0 Å². The third kappa shape index (κ3) is 5.85. The van der Waals surface area contributed by atoms with Crippen molar-refractivity contribution in [2.45, 2.75) is 38.8 Å². The summed E-state index contributed by atoms with van der Waals surface area (Å²) in [6.45, 7) is 5.75. The van der Waals surface area contributed by atoms with Crippen molar-refractivity contribution in [3.63, 3.8) is 0 Å². The van der Waals surface area contributed by atoms with Gasteiger partial charge in [0.15, 0.2) is 0 Å². The standard InChI is InChI=1S/C19H23BrN2O3S/c1-19(2,3)22(18(24)25)11-15(9-13-7-5-4-6-8-13)21-17(23)16-10-14(20)12-26-16/h4-8,10,12,15H,9,11H2,1-3H3,(H,21,23)(H,24,25). The fourth-order valence-electron chi connectivity index (χ4n) is 2.61. The van der Waals surface area contributed by atoms with Crippen LogP contribution in [-0.2, 0) is 6.42 Å². The number of benzene rings is 1. The van der Waals surface area contributed by atoms with Crippen molar-refractivity contribution >= 4 is 39.3 Å². The van der Waals surface area contributed by atoms with Gasteiger partial charge in [0, 0.05) is 21.9 Å². The Balaban J connectivity index is 2.20. The molecule has 0 aliphatic rings. The number of nitrogens with one attached hydrogen (secondary N) is 1. The Morgan fingerprint density at radius 2 is 1.92 bits per heavy atom. The molecule has 1 heterocycles. The van der Waals surface area contributed by atoms with Crippen LogP contribution in [0.1, 0.15) is 36.0 Å². The SMILES string of the molecule is CC(C)(C)N(CC(Cc1ccccc1)NC(=O)c1cc(Br)cs1)C(=O)O. The van der Waals surface area contributed by atoms with Crippen LogP contribution in [0.3, 0.4) is 0 Å². The predicted molar refractivity (Wildman–Crippen MR) is 108 cm³/mol. The van der Waals surface area contributed by atoms with Gasteiger partial charge in [-0.05, 0) is 54.8 Å². The number of hydrogen-bond acceptors (Lipinski definition) is 3. The van der Waals surface area contributed by atoms with E-state index in [9.17, 15) is 14.7 Å². The van der Waals surface area contributed by atoms with Gasteiger partial charge >= 0.3 is 6.09 Å². The van der Waals surface area contributed by atoms with Gasteiger partial charge < -0.3 is 15.3 Å². The Kier molecular flexibility index (Phi) is 6.83. The zero-order chi connectivity index (χ0) is 19.3. The predicted octanol–water partition coefficient (Wildman–Crippen LogP) is 4.63. The maximum atomic E-state index is 12.6. The van der Waals surface area contributed by atoms with E-state index in [4.69, 9.17) is 0 Å². The van der Waals surface area contributed by atoms with E-state index in [0.717, 1.165) is 10.0 Å². The number of thiophene rings is 1. The molecule has 5 nitrogen and oxygen atoms in total. The summed E-state index contributed by atoms with van der Waals surface area (Å²) in [5, 5.41) is 14.4. The second-order valence-electron chi connectivity index (χ2n) is 7.05. The van der Waals surface area contributed by atoms with E-state index in [1.807, 2.05) is 56.5 Å². The number of hydrogen-bond donors (Lipinski definition) is 2. The zero-order valence-corrected chi connectivity index (χ0v) is 17.4. The lowest BCUT2D eigenvalue weighted by atomic mass is 10.0. The van der Waals surface area contributed by atoms with Gasteiger partial charge in [0.25, 0.3) is 5.91 Å². The van der Waals surface area contributed by atoms with Crippen molar-refractivity contribution in [1.82, 2.24) is 10.2 Å². The summed E-state index contributed by atoms with van der Waals surface area (Å²) in [6.07, 6.45) is -0.442. The molecule has 1 aromatic heterocycles. The number of halogens is 1. The Hall–Kier alpha value is -1.86. The van der Waals surface area contributed by atoms with Crippen LogP contribution >= 0.6 is 27.3 Å². The third-order valence-electron chi connectivity index (χ3n) is 3.90. The van der Waals surface area contributed by atoms with Crippen LogP contribution in [0, 0.1) is 0 Å². The van der Waals surface area contributed by atoms with Gasteiger partial charge in [0.2, 0.25) is 0 Å². The number of carbonyl (C=O) groups is 2. The van der Waals surface area contributed by atoms with Crippen molar-refractivity contribution in [1.29, 1.82) is 0 Å². The fourth-order valence-corrected chi connectivity index (χ4v) is 3.94. The molecule has 0 aliphatic carbocycles. The molecule has 7 heteroatoms. The molecule has 140 valence electrons. The highest BCUT2D eigenvalue weighted by Crippen LogP contribution is 2.20. The van der Waals surface area contributed by atoms with E-state index in [1.165, 1.54) is 16.2 Å². The van der Waals surface area contributed by atoms with Crippen molar-refractivity contribution in [3.05, 3.63) is 56.7 Å². The summed E-state index contributed by atoms with van der Waals surface area (Å²) in [7, 11) is 0. The van der Waals surface area contributed by atoms with E-state index in [2.05, 4.69) is 21.2 Å². The summed E-state index contributed by atoms with van der Waals surface area (Å²) in [5.74, 6) is -0.194.